The Morgan fingerprint density at radius 1 is 1.26 bits per heavy atom. The zero-order valence-corrected chi connectivity index (χ0v) is 14.2. The molecular weight excluding hydrogens is 282 g/mol. The number of likely N-dealkylation sites (tertiary alicyclic amines) is 1. The number of aryl methyl sites for hydroxylation is 1. The molecule has 1 aromatic rings. The van der Waals surface area contributed by atoms with Crippen LogP contribution in [0, 0.1) is 18.8 Å². The van der Waals surface area contributed by atoms with Gasteiger partial charge in [0.25, 0.3) is 0 Å². The lowest BCUT2D eigenvalue weighted by Crippen LogP contribution is -2.62. The fourth-order valence-corrected chi connectivity index (χ4v) is 5.88. The topological polar surface area (TPSA) is 20.3 Å². The predicted octanol–water partition coefficient (Wildman–Crippen LogP) is 3.64. The summed E-state index contributed by atoms with van der Waals surface area (Å²) in [6, 6.07) is 7.72. The third-order valence-corrected chi connectivity index (χ3v) is 7.16. The van der Waals surface area contributed by atoms with Gasteiger partial charge in [0.1, 0.15) is 5.78 Å². The van der Waals surface area contributed by atoms with Crippen molar-refractivity contribution in [2.24, 2.45) is 11.8 Å². The van der Waals surface area contributed by atoms with E-state index in [2.05, 4.69) is 30.0 Å². The second kappa shape index (κ2) is 4.92. The highest BCUT2D eigenvalue weighted by Crippen LogP contribution is 2.55. The van der Waals surface area contributed by atoms with E-state index in [9.17, 15) is 4.79 Å². The summed E-state index contributed by atoms with van der Waals surface area (Å²) in [7, 11) is 0. The maximum atomic E-state index is 12.4. The van der Waals surface area contributed by atoms with E-state index in [1.807, 2.05) is 0 Å². The fraction of sp³-hybridized carbons (Fsp3) is 0.667. The molecule has 2 heteroatoms. The molecule has 23 heavy (non-hydrogen) atoms. The highest BCUT2D eigenvalue weighted by atomic mass is 16.1. The van der Waals surface area contributed by atoms with Crippen molar-refractivity contribution in [3.05, 3.63) is 34.9 Å². The zero-order valence-electron chi connectivity index (χ0n) is 14.2. The molecular formula is C21H27NO. The smallest absolute Gasteiger partial charge is 0.133 e. The summed E-state index contributed by atoms with van der Waals surface area (Å²) < 4.78 is 0. The number of benzene rings is 1. The van der Waals surface area contributed by atoms with Crippen LogP contribution in [0.3, 0.4) is 0 Å². The molecule has 0 aromatic heterocycles. The average Bonchev–Trinajstić information content (AvgIpc) is 3.34. The quantitative estimate of drug-likeness (QED) is 0.831. The van der Waals surface area contributed by atoms with E-state index >= 15 is 0 Å². The molecule has 1 aromatic carbocycles. The Morgan fingerprint density at radius 2 is 2.13 bits per heavy atom. The first-order valence-electron chi connectivity index (χ1n) is 9.51. The lowest BCUT2D eigenvalue weighted by molar-refractivity contribution is -0.127. The summed E-state index contributed by atoms with van der Waals surface area (Å²) in [4.78, 5) is 15.2. The van der Waals surface area contributed by atoms with Gasteiger partial charge in [-0.1, -0.05) is 23.8 Å². The number of rotatable bonds is 2. The molecule has 0 radical (unpaired) electrons. The normalized spacial score (nSPS) is 36.5. The Kier molecular flexibility index (Phi) is 3.04. The van der Waals surface area contributed by atoms with Gasteiger partial charge in [-0.2, -0.15) is 0 Å². The summed E-state index contributed by atoms with van der Waals surface area (Å²) in [5.74, 6) is 2.18. The molecule has 1 saturated heterocycles. The van der Waals surface area contributed by atoms with Crippen LogP contribution in [0.1, 0.15) is 55.2 Å². The first-order chi connectivity index (χ1) is 11.2. The molecule has 3 aliphatic carbocycles. The molecule has 3 atom stereocenters. The van der Waals surface area contributed by atoms with Crippen molar-refractivity contribution in [2.75, 3.05) is 13.1 Å². The van der Waals surface area contributed by atoms with Gasteiger partial charge < -0.3 is 0 Å². The van der Waals surface area contributed by atoms with Crippen molar-refractivity contribution in [3.63, 3.8) is 0 Å². The van der Waals surface area contributed by atoms with Crippen molar-refractivity contribution in [1.29, 1.82) is 0 Å². The molecule has 0 amide bonds. The number of hydrogen-bond acceptors (Lipinski definition) is 2. The van der Waals surface area contributed by atoms with Crippen LogP contribution >= 0.6 is 0 Å². The van der Waals surface area contributed by atoms with Gasteiger partial charge in [0.05, 0.1) is 0 Å². The van der Waals surface area contributed by atoms with Crippen LogP contribution in [-0.2, 0) is 16.6 Å². The van der Waals surface area contributed by atoms with Crippen LogP contribution in [0.4, 0.5) is 0 Å². The van der Waals surface area contributed by atoms with Gasteiger partial charge in [-0.3, -0.25) is 9.69 Å². The van der Waals surface area contributed by atoms with Crippen LogP contribution in [0.15, 0.2) is 18.2 Å². The second-order valence-electron chi connectivity index (χ2n) is 8.64. The van der Waals surface area contributed by atoms with Crippen molar-refractivity contribution in [1.82, 2.24) is 4.90 Å². The third kappa shape index (κ3) is 2.14. The zero-order chi connectivity index (χ0) is 15.6. The highest BCUT2D eigenvalue weighted by molar-refractivity contribution is 5.81. The lowest BCUT2D eigenvalue weighted by Gasteiger charge is -2.58. The van der Waals surface area contributed by atoms with Crippen molar-refractivity contribution >= 4 is 5.78 Å². The highest BCUT2D eigenvalue weighted by Gasteiger charge is 2.55. The van der Waals surface area contributed by atoms with E-state index in [-0.39, 0.29) is 5.41 Å². The van der Waals surface area contributed by atoms with E-state index in [1.165, 1.54) is 55.5 Å². The maximum absolute atomic E-state index is 12.4. The lowest BCUT2D eigenvalue weighted by atomic mass is 9.52. The molecule has 0 spiro atoms. The number of carbonyl (C=O) groups excluding carboxylic acids is 1. The van der Waals surface area contributed by atoms with Gasteiger partial charge in [0, 0.05) is 30.8 Å². The molecule has 3 fully saturated rings. The number of piperidine rings is 1. The van der Waals surface area contributed by atoms with E-state index < -0.39 is 0 Å². The Morgan fingerprint density at radius 3 is 2.96 bits per heavy atom. The Labute approximate surface area is 139 Å². The van der Waals surface area contributed by atoms with Crippen molar-refractivity contribution < 1.29 is 4.79 Å². The summed E-state index contributed by atoms with van der Waals surface area (Å²) in [5.41, 5.74) is 4.60. The van der Waals surface area contributed by atoms with E-state index in [0.29, 0.717) is 17.7 Å². The summed E-state index contributed by atoms with van der Waals surface area (Å²) >= 11 is 0. The summed E-state index contributed by atoms with van der Waals surface area (Å²) in [6.07, 6.45) is 8.04. The van der Waals surface area contributed by atoms with Gasteiger partial charge >= 0.3 is 0 Å². The van der Waals surface area contributed by atoms with Crippen molar-refractivity contribution in [3.8, 4) is 0 Å². The van der Waals surface area contributed by atoms with Gasteiger partial charge in [-0.05, 0) is 68.5 Å². The van der Waals surface area contributed by atoms with Crippen LogP contribution in [0.25, 0.3) is 0 Å². The minimum atomic E-state index is 0.166. The number of ketones is 1. The summed E-state index contributed by atoms with van der Waals surface area (Å²) in [6.45, 7) is 4.72. The van der Waals surface area contributed by atoms with Gasteiger partial charge in [-0.15, -0.1) is 0 Å². The molecule has 0 N–H and O–H groups in total. The number of nitrogens with zero attached hydrogens (tertiary/aromatic N) is 1. The molecule has 122 valence electrons. The third-order valence-electron chi connectivity index (χ3n) is 7.16. The van der Waals surface area contributed by atoms with Gasteiger partial charge in [0.15, 0.2) is 0 Å². The molecule has 0 unspecified atom stereocenters. The fourth-order valence-electron chi connectivity index (χ4n) is 5.88. The number of Topliss-reactive ketones (excluding diaryl/α,β-unsaturated/α-hetero) is 1. The Bertz CT molecular complexity index is 662. The van der Waals surface area contributed by atoms with Crippen LogP contribution in [-0.4, -0.2) is 29.8 Å². The van der Waals surface area contributed by atoms with E-state index in [4.69, 9.17) is 0 Å². The molecule has 5 rings (SSSR count). The number of carbonyl (C=O) groups is 1. The van der Waals surface area contributed by atoms with Gasteiger partial charge in [-0.25, -0.2) is 0 Å². The minimum Gasteiger partial charge on any atom is -0.300 e. The van der Waals surface area contributed by atoms with Crippen LogP contribution in [0.5, 0.6) is 0 Å². The molecule has 1 aliphatic heterocycles. The first-order valence-corrected chi connectivity index (χ1v) is 9.51. The monoisotopic (exact) mass is 309 g/mol. The van der Waals surface area contributed by atoms with E-state index in [0.717, 1.165) is 25.2 Å². The van der Waals surface area contributed by atoms with Crippen LogP contribution in [0.2, 0.25) is 0 Å². The molecule has 2 nitrogen and oxygen atoms in total. The Hall–Kier alpha value is -1.15. The maximum Gasteiger partial charge on any atom is 0.133 e. The largest absolute Gasteiger partial charge is 0.300 e. The van der Waals surface area contributed by atoms with Gasteiger partial charge in [0.2, 0.25) is 0 Å². The molecule has 2 saturated carbocycles. The van der Waals surface area contributed by atoms with Crippen molar-refractivity contribution in [2.45, 2.75) is 63.3 Å². The Balaban J connectivity index is 1.60. The molecule has 4 aliphatic rings. The molecule has 1 heterocycles. The predicted molar refractivity (Wildman–Crippen MR) is 91.6 cm³/mol. The van der Waals surface area contributed by atoms with Crippen LogP contribution < -0.4 is 0 Å². The standard InChI is InChI=1S/C21H27NO/c1-14-2-5-16-11-20-18-7-6-17(23)12-21(18,19(16)10-14)8-9-22(20)13-15-3-4-15/h2,5,10,15,18,20H,3-4,6-9,11-13H2,1H3/t18-,20+,21-/m0/s1. The molecule has 2 bridgehead atoms. The first kappa shape index (κ1) is 14.2. The summed E-state index contributed by atoms with van der Waals surface area (Å²) in [5, 5.41) is 0. The minimum absolute atomic E-state index is 0.166. The second-order valence-corrected chi connectivity index (χ2v) is 8.64. The number of fused-ring (bicyclic) bond motifs is 1. The number of hydrogen-bond donors (Lipinski definition) is 0. The van der Waals surface area contributed by atoms with E-state index in [1.54, 1.807) is 0 Å². The SMILES string of the molecule is Cc1ccc2c(c1)[C@]13CCN(CC4CC4)[C@H](C2)[C@@H]1CCC(=O)C3. The average molecular weight is 309 g/mol.